The van der Waals surface area contributed by atoms with Crippen molar-refractivity contribution in [1.82, 2.24) is 4.98 Å². The molecule has 2 heterocycles. The third-order valence-corrected chi connectivity index (χ3v) is 4.65. The summed E-state index contributed by atoms with van der Waals surface area (Å²) >= 11 is 9.57. The fourth-order valence-electron chi connectivity index (χ4n) is 2.61. The van der Waals surface area contributed by atoms with Crippen molar-refractivity contribution in [2.75, 3.05) is 11.9 Å². The first-order valence-electron chi connectivity index (χ1n) is 6.80. The third kappa shape index (κ3) is 3.61. The molecule has 1 fully saturated rings. The van der Waals surface area contributed by atoms with Crippen LogP contribution < -0.4 is 5.32 Å². The number of hydrogen-bond donors (Lipinski definition) is 1. The second kappa shape index (κ2) is 6.42. The molecule has 5 heteroatoms. The van der Waals surface area contributed by atoms with Crippen molar-refractivity contribution >= 4 is 33.3 Å². The Balaban J connectivity index is 2.06. The lowest BCUT2D eigenvalue weighted by Crippen LogP contribution is -2.43. The highest BCUT2D eigenvalue weighted by Crippen LogP contribution is 2.33. The van der Waals surface area contributed by atoms with Gasteiger partial charge in [-0.2, -0.15) is 0 Å². The molecule has 0 aliphatic carbocycles. The lowest BCUT2D eigenvalue weighted by molar-refractivity contribution is -0.0864. The maximum atomic E-state index is 6.20. The number of rotatable bonds is 4. The van der Waals surface area contributed by atoms with Gasteiger partial charge >= 0.3 is 0 Å². The van der Waals surface area contributed by atoms with Gasteiger partial charge in [0.2, 0.25) is 0 Å². The number of pyridine rings is 1. The molecule has 0 saturated carbocycles. The van der Waals surface area contributed by atoms with Crippen molar-refractivity contribution in [2.45, 2.75) is 51.2 Å². The Morgan fingerprint density at radius 3 is 2.89 bits per heavy atom. The molecular formula is C14H20BrClN2O. The van der Waals surface area contributed by atoms with Gasteiger partial charge in [0.15, 0.2) is 0 Å². The minimum absolute atomic E-state index is 0.0117. The summed E-state index contributed by atoms with van der Waals surface area (Å²) in [6.45, 7) is 5.18. The maximum absolute atomic E-state index is 6.20. The maximum Gasteiger partial charge on any atom is 0.145 e. The highest BCUT2D eigenvalue weighted by Gasteiger charge is 2.34. The number of nitrogens with zero attached hydrogens (tertiary/aromatic N) is 1. The molecule has 3 nitrogen and oxygen atoms in total. The summed E-state index contributed by atoms with van der Waals surface area (Å²) in [6.07, 6.45) is 5.86. The fourth-order valence-corrected chi connectivity index (χ4v) is 3.29. The molecule has 0 spiro atoms. The van der Waals surface area contributed by atoms with E-state index in [4.69, 9.17) is 16.3 Å². The average Bonchev–Trinajstić information content (AvgIpc) is 2.42. The van der Waals surface area contributed by atoms with Gasteiger partial charge in [-0.15, -0.1) is 0 Å². The smallest absolute Gasteiger partial charge is 0.145 e. The molecule has 2 rings (SSSR count). The van der Waals surface area contributed by atoms with Crippen molar-refractivity contribution in [3.8, 4) is 0 Å². The van der Waals surface area contributed by atoms with Crippen LogP contribution in [-0.2, 0) is 4.74 Å². The molecule has 1 aliphatic heterocycles. The van der Waals surface area contributed by atoms with Crippen LogP contribution in [0.5, 0.6) is 0 Å². The first-order valence-corrected chi connectivity index (χ1v) is 7.97. The van der Waals surface area contributed by atoms with E-state index in [1.807, 2.05) is 6.07 Å². The molecule has 1 atom stereocenters. The summed E-state index contributed by atoms with van der Waals surface area (Å²) in [7, 11) is 0. The number of ether oxygens (including phenoxy) is 1. The van der Waals surface area contributed by atoms with Crippen LogP contribution in [0.3, 0.4) is 0 Å². The number of aromatic nitrogens is 1. The lowest BCUT2D eigenvalue weighted by atomic mass is 9.86. The zero-order chi connectivity index (χ0) is 13.9. The van der Waals surface area contributed by atoms with Gasteiger partial charge in [0, 0.05) is 23.3 Å². The quantitative estimate of drug-likeness (QED) is 0.861. The third-order valence-electron chi connectivity index (χ3n) is 3.93. The van der Waals surface area contributed by atoms with Crippen molar-refractivity contribution in [3.63, 3.8) is 0 Å². The number of anilines is 1. The Hall–Kier alpha value is -0.320. The minimum atomic E-state index is 0.0117. The zero-order valence-electron chi connectivity index (χ0n) is 11.4. The van der Waals surface area contributed by atoms with E-state index in [9.17, 15) is 0 Å². The van der Waals surface area contributed by atoms with Crippen LogP contribution in [0.1, 0.15) is 39.5 Å². The summed E-state index contributed by atoms with van der Waals surface area (Å²) < 4.78 is 6.88. The molecule has 1 aromatic rings. The van der Waals surface area contributed by atoms with E-state index in [1.54, 1.807) is 6.20 Å². The van der Waals surface area contributed by atoms with E-state index >= 15 is 0 Å². The Morgan fingerprint density at radius 2 is 2.26 bits per heavy atom. The molecule has 0 radical (unpaired) electrons. The Labute approximate surface area is 128 Å². The highest BCUT2D eigenvalue weighted by molar-refractivity contribution is 9.10. The summed E-state index contributed by atoms with van der Waals surface area (Å²) in [6, 6.07) is 2.24. The predicted octanol–water partition coefficient (Wildman–Crippen LogP) is 4.65. The second-order valence-electron chi connectivity index (χ2n) is 5.06. The topological polar surface area (TPSA) is 34.2 Å². The zero-order valence-corrected chi connectivity index (χ0v) is 13.7. The van der Waals surface area contributed by atoms with Crippen LogP contribution in [0.25, 0.3) is 0 Å². The van der Waals surface area contributed by atoms with Crippen LogP contribution in [0.15, 0.2) is 16.7 Å². The van der Waals surface area contributed by atoms with Gasteiger partial charge in [-0.1, -0.05) is 25.4 Å². The molecule has 19 heavy (non-hydrogen) atoms. The molecule has 106 valence electrons. The van der Waals surface area contributed by atoms with E-state index in [-0.39, 0.29) is 5.60 Å². The number of hydrogen-bond acceptors (Lipinski definition) is 3. The second-order valence-corrected chi connectivity index (χ2v) is 6.38. The van der Waals surface area contributed by atoms with Gasteiger partial charge in [-0.05, 0) is 47.7 Å². The van der Waals surface area contributed by atoms with Gasteiger partial charge in [0.25, 0.3) is 0 Å². The number of nitrogens with one attached hydrogen (secondary N) is 1. The normalized spacial score (nSPS) is 22.2. The van der Waals surface area contributed by atoms with E-state index in [2.05, 4.69) is 40.1 Å². The van der Waals surface area contributed by atoms with Crippen LogP contribution in [0, 0.1) is 0 Å². The van der Waals surface area contributed by atoms with Crippen molar-refractivity contribution in [1.29, 1.82) is 0 Å². The Kier molecular flexibility index (Phi) is 5.09. The number of halogens is 2. The molecule has 0 bridgehead atoms. The van der Waals surface area contributed by atoms with Crippen LogP contribution in [-0.4, -0.2) is 23.2 Å². The molecule has 0 aromatic carbocycles. The fraction of sp³-hybridized carbons (Fsp3) is 0.643. The van der Waals surface area contributed by atoms with Gasteiger partial charge < -0.3 is 10.1 Å². The average molecular weight is 348 g/mol. The summed E-state index contributed by atoms with van der Waals surface area (Å²) in [5.74, 6) is 0.762. The Morgan fingerprint density at radius 1 is 1.53 bits per heavy atom. The molecular weight excluding hydrogens is 328 g/mol. The highest BCUT2D eigenvalue weighted by atomic mass is 79.9. The SMILES string of the molecule is CCC1(CC)CC(Nc2ncc(Br)cc2Cl)CCO1. The largest absolute Gasteiger partial charge is 0.375 e. The monoisotopic (exact) mass is 346 g/mol. The predicted molar refractivity (Wildman–Crippen MR) is 82.9 cm³/mol. The first-order chi connectivity index (χ1) is 9.08. The van der Waals surface area contributed by atoms with Crippen LogP contribution in [0.4, 0.5) is 5.82 Å². The van der Waals surface area contributed by atoms with Gasteiger partial charge in [0.05, 0.1) is 10.6 Å². The van der Waals surface area contributed by atoms with E-state index in [0.717, 1.165) is 42.6 Å². The van der Waals surface area contributed by atoms with E-state index in [1.165, 1.54) is 0 Å². The van der Waals surface area contributed by atoms with Gasteiger partial charge in [-0.25, -0.2) is 4.98 Å². The van der Waals surface area contributed by atoms with Crippen LogP contribution >= 0.6 is 27.5 Å². The molecule has 1 aliphatic rings. The summed E-state index contributed by atoms with van der Waals surface area (Å²) in [5, 5.41) is 4.11. The van der Waals surface area contributed by atoms with Crippen molar-refractivity contribution in [2.24, 2.45) is 0 Å². The van der Waals surface area contributed by atoms with Gasteiger partial charge in [0.1, 0.15) is 5.82 Å². The molecule has 1 saturated heterocycles. The van der Waals surface area contributed by atoms with Crippen molar-refractivity contribution < 1.29 is 4.74 Å². The van der Waals surface area contributed by atoms with E-state index < -0.39 is 0 Å². The molecule has 1 aromatic heterocycles. The lowest BCUT2D eigenvalue weighted by Gasteiger charge is -2.40. The summed E-state index contributed by atoms with van der Waals surface area (Å²) in [4.78, 5) is 4.34. The molecule has 1 N–H and O–H groups in total. The first kappa shape index (κ1) is 15.1. The van der Waals surface area contributed by atoms with Crippen LogP contribution in [0.2, 0.25) is 5.02 Å². The summed E-state index contributed by atoms with van der Waals surface area (Å²) in [5.41, 5.74) is 0.0117. The minimum Gasteiger partial charge on any atom is -0.375 e. The Bertz CT molecular complexity index is 437. The van der Waals surface area contributed by atoms with Crippen molar-refractivity contribution in [3.05, 3.63) is 21.8 Å². The standard InChI is InChI=1S/C14H20BrClN2O/c1-3-14(4-2)8-11(5-6-19-14)18-13-12(16)7-10(15)9-17-13/h7,9,11H,3-6,8H2,1-2H3,(H,17,18). The van der Waals surface area contributed by atoms with Gasteiger partial charge in [-0.3, -0.25) is 0 Å². The molecule has 0 amide bonds. The van der Waals surface area contributed by atoms with E-state index in [0.29, 0.717) is 11.1 Å². The molecule has 1 unspecified atom stereocenters.